The molecule has 0 aliphatic heterocycles. The van der Waals surface area contributed by atoms with Gasteiger partial charge in [0.05, 0.1) is 10.5 Å². The Morgan fingerprint density at radius 3 is 2.24 bits per heavy atom. The molecule has 25 heavy (non-hydrogen) atoms. The van der Waals surface area contributed by atoms with Gasteiger partial charge in [0.1, 0.15) is 11.6 Å². The summed E-state index contributed by atoms with van der Waals surface area (Å²) >= 11 is 0. The number of sulfonamides is 1. The maximum absolute atomic E-state index is 12.8. The molecule has 0 radical (unpaired) electrons. The van der Waals surface area contributed by atoms with E-state index in [9.17, 15) is 26.0 Å². The van der Waals surface area contributed by atoms with Gasteiger partial charge in [-0.25, -0.2) is 22.5 Å². The lowest BCUT2D eigenvalue weighted by Crippen LogP contribution is -2.26. The van der Waals surface area contributed by atoms with Gasteiger partial charge in [-0.2, -0.15) is 13.2 Å². The van der Waals surface area contributed by atoms with Crippen molar-refractivity contribution < 1.29 is 26.0 Å². The Morgan fingerprint density at radius 1 is 1.00 bits per heavy atom. The zero-order valence-electron chi connectivity index (χ0n) is 12.8. The van der Waals surface area contributed by atoms with Gasteiger partial charge in [-0.05, 0) is 42.8 Å². The number of anilines is 1. The summed E-state index contributed by atoms with van der Waals surface area (Å²) < 4.78 is 76.2. The Morgan fingerprint density at radius 2 is 1.68 bits per heavy atom. The van der Waals surface area contributed by atoms with E-state index >= 15 is 0 Å². The van der Waals surface area contributed by atoms with Crippen LogP contribution in [0.1, 0.15) is 12.0 Å². The van der Waals surface area contributed by atoms with Gasteiger partial charge in [-0.15, -0.1) is 0 Å². The van der Waals surface area contributed by atoms with E-state index < -0.39 is 27.6 Å². The van der Waals surface area contributed by atoms with Crippen molar-refractivity contribution in [2.75, 3.05) is 18.4 Å². The highest BCUT2D eigenvalue weighted by atomic mass is 32.2. The van der Waals surface area contributed by atoms with Gasteiger partial charge >= 0.3 is 6.18 Å². The number of halogens is 4. The van der Waals surface area contributed by atoms with Gasteiger partial charge in [-0.1, -0.05) is 0 Å². The van der Waals surface area contributed by atoms with Crippen molar-refractivity contribution in [2.45, 2.75) is 17.5 Å². The zero-order valence-corrected chi connectivity index (χ0v) is 13.7. The predicted molar refractivity (Wildman–Crippen MR) is 83.9 cm³/mol. The second-order valence-electron chi connectivity index (χ2n) is 5.06. The van der Waals surface area contributed by atoms with Crippen LogP contribution in [0.25, 0.3) is 0 Å². The molecule has 10 heteroatoms. The van der Waals surface area contributed by atoms with Crippen LogP contribution in [0.5, 0.6) is 0 Å². The lowest BCUT2D eigenvalue weighted by atomic mass is 10.3. The molecule has 0 fully saturated rings. The first-order valence-electron chi connectivity index (χ1n) is 7.21. The summed E-state index contributed by atoms with van der Waals surface area (Å²) in [6.07, 6.45) is -3.34. The molecule has 0 atom stereocenters. The SMILES string of the molecule is O=S(=O)(NCCCNc1ccc(C(F)(F)F)cn1)c1ccc(F)cc1. The van der Waals surface area contributed by atoms with Gasteiger partial charge in [0.2, 0.25) is 10.0 Å². The summed E-state index contributed by atoms with van der Waals surface area (Å²) in [4.78, 5) is 3.59. The molecule has 0 spiro atoms. The molecule has 2 rings (SSSR count). The minimum Gasteiger partial charge on any atom is -0.370 e. The molecule has 0 amide bonds. The first-order chi connectivity index (χ1) is 11.7. The topological polar surface area (TPSA) is 71.1 Å². The number of nitrogens with one attached hydrogen (secondary N) is 2. The second kappa shape index (κ2) is 7.79. The average Bonchev–Trinajstić information content (AvgIpc) is 2.54. The fourth-order valence-corrected chi connectivity index (χ4v) is 2.95. The standard InChI is InChI=1S/C15H15F4N3O2S/c16-12-3-5-13(6-4-12)25(23,24)22-9-1-8-20-14-7-2-11(10-21-14)15(17,18)19/h2-7,10,22H,1,8-9H2,(H,20,21). The third-order valence-electron chi connectivity index (χ3n) is 3.17. The lowest BCUT2D eigenvalue weighted by molar-refractivity contribution is -0.137. The molecule has 136 valence electrons. The van der Waals surface area contributed by atoms with Crippen LogP contribution in [0.2, 0.25) is 0 Å². The first-order valence-corrected chi connectivity index (χ1v) is 8.69. The van der Waals surface area contributed by atoms with E-state index in [2.05, 4.69) is 15.0 Å². The summed E-state index contributed by atoms with van der Waals surface area (Å²) in [5.41, 5.74) is -0.842. The van der Waals surface area contributed by atoms with Gasteiger partial charge in [0, 0.05) is 19.3 Å². The fraction of sp³-hybridized carbons (Fsp3) is 0.267. The summed E-state index contributed by atoms with van der Waals surface area (Å²) in [7, 11) is -3.73. The van der Waals surface area contributed by atoms with E-state index in [1.165, 1.54) is 6.07 Å². The maximum Gasteiger partial charge on any atom is 0.417 e. The summed E-state index contributed by atoms with van der Waals surface area (Å²) in [6, 6.07) is 6.51. The fourth-order valence-electron chi connectivity index (χ4n) is 1.87. The zero-order chi connectivity index (χ0) is 18.5. The van der Waals surface area contributed by atoms with Crippen LogP contribution in [0.15, 0.2) is 47.5 Å². The number of alkyl halides is 3. The van der Waals surface area contributed by atoms with E-state index in [-0.39, 0.29) is 17.3 Å². The third-order valence-corrected chi connectivity index (χ3v) is 4.64. The lowest BCUT2D eigenvalue weighted by Gasteiger charge is -2.09. The number of hydrogen-bond donors (Lipinski definition) is 2. The minimum absolute atomic E-state index is 0.0498. The normalized spacial score (nSPS) is 12.2. The number of rotatable bonds is 7. The van der Waals surface area contributed by atoms with Crippen LogP contribution in [0.4, 0.5) is 23.4 Å². The molecule has 2 N–H and O–H groups in total. The predicted octanol–water partition coefficient (Wildman–Crippen LogP) is 3.02. The van der Waals surface area contributed by atoms with Crippen LogP contribution < -0.4 is 10.0 Å². The number of pyridine rings is 1. The highest BCUT2D eigenvalue weighted by Gasteiger charge is 2.30. The Labute approximate surface area is 142 Å². The molecule has 0 saturated carbocycles. The number of hydrogen-bond acceptors (Lipinski definition) is 4. The van der Waals surface area contributed by atoms with Gasteiger partial charge in [0.25, 0.3) is 0 Å². The number of nitrogens with zero attached hydrogens (tertiary/aromatic N) is 1. The van der Waals surface area contributed by atoms with Gasteiger partial charge in [-0.3, -0.25) is 0 Å². The third kappa shape index (κ3) is 5.68. The summed E-state index contributed by atoms with van der Waals surface area (Å²) in [6.45, 7) is 0.414. The molecular weight excluding hydrogens is 362 g/mol. The molecule has 0 bridgehead atoms. The summed E-state index contributed by atoms with van der Waals surface area (Å²) in [5.74, 6) is -0.276. The molecule has 0 aliphatic carbocycles. The van der Waals surface area contributed by atoms with Crippen molar-refractivity contribution in [2.24, 2.45) is 0 Å². The second-order valence-corrected chi connectivity index (χ2v) is 6.83. The van der Waals surface area contributed by atoms with Crippen molar-refractivity contribution in [3.8, 4) is 0 Å². The van der Waals surface area contributed by atoms with Gasteiger partial charge in [0.15, 0.2) is 0 Å². The monoisotopic (exact) mass is 377 g/mol. The molecular formula is C15H15F4N3O2S. The van der Waals surface area contributed by atoms with Crippen LogP contribution in [-0.2, 0) is 16.2 Å². The van der Waals surface area contributed by atoms with Crippen LogP contribution in [-0.4, -0.2) is 26.5 Å². The average molecular weight is 377 g/mol. The molecule has 1 aromatic carbocycles. The Bertz CT molecular complexity index is 791. The molecule has 0 aliphatic rings. The van der Waals surface area contributed by atoms with Crippen molar-refractivity contribution in [3.63, 3.8) is 0 Å². The van der Waals surface area contributed by atoms with Crippen LogP contribution >= 0.6 is 0 Å². The Balaban J connectivity index is 1.77. The Hall–Kier alpha value is -2.20. The molecule has 1 heterocycles. The van der Waals surface area contributed by atoms with E-state index in [1.54, 1.807) is 0 Å². The largest absolute Gasteiger partial charge is 0.417 e. The highest BCUT2D eigenvalue weighted by molar-refractivity contribution is 7.89. The molecule has 2 aromatic rings. The van der Waals surface area contributed by atoms with Crippen molar-refractivity contribution in [1.82, 2.24) is 9.71 Å². The highest BCUT2D eigenvalue weighted by Crippen LogP contribution is 2.28. The molecule has 0 saturated heterocycles. The Kier molecular flexibility index (Phi) is 5.96. The van der Waals surface area contributed by atoms with Crippen LogP contribution in [0.3, 0.4) is 0 Å². The van der Waals surface area contributed by atoms with Crippen molar-refractivity contribution in [1.29, 1.82) is 0 Å². The first kappa shape index (κ1) is 19.1. The molecule has 1 aromatic heterocycles. The minimum atomic E-state index is -4.44. The van der Waals surface area contributed by atoms with E-state index in [1.807, 2.05) is 0 Å². The molecule has 5 nitrogen and oxygen atoms in total. The number of benzene rings is 1. The van der Waals surface area contributed by atoms with E-state index in [0.717, 1.165) is 36.5 Å². The quantitative estimate of drug-likeness (QED) is 0.575. The van der Waals surface area contributed by atoms with Crippen molar-refractivity contribution in [3.05, 3.63) is 54.0 Å². The van der Waals surface area contributed by atoms with Crippen molar-refractivity contribution >= 4 is 15.8 Å². The number of aromatic nitrogens is 1. The molecule has 0 unspecified atom stereocenters. The smallest absolute Gasteiger partial charge is 0.370 e. The van der Waals surface area contributed by atoms with E-state index in [0.29, 0.717) is 13.0 Å². The van der Waals surface area contributed by atoms with Crippen LogP contribution in [0, 0.1) is 5.82 Å². The van der Waals surface area contributed by atoms with Gasteiger partial charge < -0.3 is 5.32 Å². The van der Waals surface area contributed by atoms with E-state index in [4.69, 9.17) is 0 Å². The summed E-state index contributed by atoms with van der Waals surface area (Å²) in [5, 5.41) is 2.79. The maximum atomic E-state index is 12.8.